The van der Waals surface area contributed by atoms with Crippen molar-refractivity contribution in [2.24, 2.45) is 0 Å². The first-order valence-corrected chi connectivity index (χ1v) is 6.60. The maximum atomic E-state index is 12.9. The third kappa shape index (κ3) is 3.33. The van der Waals surface area contributed by atoms with Crippen LogP contribution in [0.5, 0.6) is 0 Å². The highest BCUT2D eigenvalue weighted by molar-refractivity contribution is 6.31. The second kappa shape index (κ2) is 4.96. The summed E-state index contributed by atoms with van der Waals surface area (Å²) < 4.78 is 45.0. The van der Waals surface area contributed by atoms with Gasteiger partial charge in [-0.25, -0.2) is 9.78 Å². The summed E-state index contributed by atoms with van der Waals surface area (Å²) in [6.45, 7) is 5.53. The summed E-state index contributed by atoms with van der Waals surface area (Å²) in [6.07, 6.45) is -5.01. The van der Waals surface area contributed by atoms with Gasteiger partial charge in [0.2, 0.25) is 5.82 Å². The van der Waals surface area contributed by atoms with E-state index in [2.05, 4.69) is 4.98 Å². The van der Waals surface area contributed by atoms with E-state index in [1.807, 2.05) is 0 Å². The van der Waals surface area contributed by atoms with E-state index in [4.69, 9.17) is 4.74 Å². The molecule has 0 radical (unpaired) electrons. The van der Waals surface area contributed by atoms with E-state index in [0.29, 0.717) is 5.69 Å². The number of imidazole rings is 1. The van der Waals surface area contributed by atoms with Gasteiger partial charge in [-0.2, -0.15) is 13.2 Å². The molecule has 0 aliphatic carbocycles. The Labute approximate surface area is 121 Å². The average Bonchev–Trinajstić information content (AvgIpc) is 2.64. The molecule has 0 fully saturated rings. The molecule has 1 aliphatic heterocycles. The van der Waals surface area contributed by atoms with Crippen molar-refractivity contribution in [1.29, 1.82) is 0 Å². The molecule has 2 heterocycles. The Bertz CT molecular complexity index is 563. The molecule has 0 N–H and O–H groups in total. The maximum Gasteiger partial charge on any atom is 0.449 e. The van der Waals surface area contributed by atoms with Crippen LogP contribution in [0, 0.1) is 0 Å². The number of halogens is 3. The van der Waals surface area contributed by atoms with E-state index in [1.165, 1.54) is 12.7 Å². The van der Waals surface area contributed by atoms with Crippen molar-refractivity contribution in [3.05, 3.63) is 11.5 Å². The Morgan fingerprint density at radius 1 is 1.29 bits per heavy atom. The second-order valence-electron chi connectivity index (χ2n) is 6.02. The standard InChI is InChI=1S/C12H17BF3N3O2/c1-11(2,3)21-10(20)18-4-5-19-7(6-18)8(13)17-9(19)12(14,15)16/h4-6,13H2,1-3H3. The number of hydrogen-bond acceptors (Lipinski definition) is 3. The molecule has 1 amide bonds. The summed E-state index contributed by atoms with van der Waals surface area (Å²) in [5.74, 6) is -0.904. The number of ether oxygens (including phenoxy) is 1. The fraction of sp³-hybridized carbons (Fsp3) is 0.667. The second-order valence-corrected chi connectivity index (χ2v) is 6.02. The maximum absolute atomic E-state index is 12.9. The van der Waals surface area contributed by atoms with Crippen molar-refractivity contribution in [2.45, 2.75) is 45.6 Å². The highest BCUT2D eigenvalue weighted by Crippen LogP contribution is 2.29. The fourth-order valence-electron chi connectivity index (χ4n) is 2.23. The highest BCUT2D eigenvalue weighted by atomic mass is 19.4. The van der Waals surface area contributed by atoms with Gasteiger partial charge < -0.3 is 14.2 Å². The molecule has 1 aromatic rings. The van der Waals surface area contributed by atoms with Crippen LogP contribution in [0.25, 0.3) is 0 Å². The SMILES string of the molecule is Bc1nc(C(F)(F)F)n2c1CN(C(=O)OC(C)(C)C)CC2. The Kier molecular flexibility index (Phi) is 3.71. The molecule has 0 bridgehead atoms. The molecule has 0 saturated heterocycles. The Morgan fingerprint density at radius 3 is 2.43 bits per heavy atom. The van der Waals surface area contributed by atoms with E-state index in [9.17, 15) is 18.0 Å². The molecule has 0 aromatic carbocycles. The van der Waals surface area contributed by atoms with Gasteiger partial charge in [0.05, 0.1) is 12.2 Å². The molecule has 0 atom stereocenters. The van der Waals surface area contributed by atoms with E-state index >= 15 is 0 Å². The summed E-state index contributed by atoms with van der Waals surface area (Å²) in [5, 5.41) is 0. The summed E-state index contributed by atoms with van der Waals surface area (Å²) in [7, 11) is 1.51. The first-order chi connectivity index (χ1) is 9.49. The van der Waals surface area contributed by atoms with E-state index in [0.717, 1.165) is 4.57 Å². The number of alkyl halides is 3. The zero-order valence-electron chi connectivity index (χ0n) is 12.4. The lowest BCUT2D eigenvalue weighted by atomic mass is 10.0. The Morgan fingerprint density at radius 2 is 1.90 bits per heavy atom. The monoisotopic (exact) mass is 303 g/mol. The van der Waals surface area contributed by atoms with E-state index in [1.54, 1.807) is 20.8 Å². The average molecular weight is 303 g/mol. The topological polar surface area (TPSA) is 47.4 Å². The van der Waals surface area contributed by atoms with Gasteiger partial charge in [-0.3, -0.25) is 0 Å². The third-order valence-corrected chi connectivity index (χ3v) is 3.11. The molecule has 0 spiro atoms. The molecule has 0 unspecified atom stereocenters. The van der Waals surface area contributed by atoms with Gasteiger partial charge in [0.25, 0.3) is 0 Å². The third-order valence-electron chi connectivity index (χ3n) is 3.11. The zero-order chi connectivity index (χ0) is 16.0. The lowest BCUT2D eigenvalue weighted by molar-refractivity contribution is -0.147. The number of rotatable bonds is 0. The zero-order valence-corrected chi connectivity index (χ0v) is 12.4. The first kappa shape index (κ1) is 15.7. The molecule has 5 nitrogen and oxygen atoms in total. The number of nitrogens with zero attached hydrogens (tertiary/aromatic N) is 3. The summed E-state index contributed by atoms with van der Waals surface area (Å²) in [5.41, 5.74) is 0.0519. The molecular formula is C12H17BF3N3O2. The Balaban J connectivity index is 2.22. The van der Waals surface area contributed by atoms with Crippen LogP contribution in [-0.4, -0.2) is 40.5 Å². The molecular weight excluding hydrogens is 286 g/mol. The van der Waals surface area contributed by atoms with Crippen molar-refractivity contribution in [1.82, 2.24) is 14.5 Å². The number of carbonyl (C=O) groups is 1. The highest BCUT2D eigenvalue weighted by Gasteiger charge is 2.40. The van der Waals surface area contributed by atoms with Gasteiger partial charge in [-0.05, 0) is 20.8 Å². The molecule has 9 heteroatoms. The van der Waals surface area contributed by atoms with Gasteiger partial charge in [0, 0.05) is 18.7 Å². The minimum absolute atomic E-state index is 0.0598. The number of carbonyl (C=O) groups excluding carboxylic acids is 1. The lowest BCUT2D eigenvalue weighted by Gasteiger charge is -2.31. The number of fused-ring (bicyclic) bond motifs is 1. The van der Waals surface area contributed by atoms with Gasteiger partial charge in [0.1, 0.15) is 5.60 Å². The largest absolute Gasteiger partial charge is 0.449 e. The first-order valence-electron chi connectivity index (χ1n) is 6.60. The van der Waals surface area contributed by atoms with Crippen LogP contribution in [-0.2, 0) is 24.0 Å². The lowest BCUT2D eigenvalue weighted by Crippen LogP contribution is -2.43. The van der Waals surface area contributed by atoms with Crippen LogP contribution in [0.1, 0.15) is 32.3 Å². The number of hydrogen-bond donors (Lipinski definition) is 0. The Hall–Kier alpha value is -1.67. The van der Waals surface area contributed by atoms with Crippen LogP contribution in [0.3, 0.4) is 0 Å². The number of amides is 1. The number of aromatic nitrogens is 2. The van der Waals surface area contributed by atoms with Crippen LogP contribution < -0.4 is 5.59 Å². The molecule has 2 rings (SSSR count). The minimum atomic E-state index is -4.49. The van der Waals surface area contributed by atoms with Crippen LogP contribution in [0.4, 0.5) is 18.0 Å². The van der Waals surface area contributed by atoms with Crippen molar-refractivity contribution in [2.75, 3.05) is 6.54 Å². The van der Waals surface area contributed by atoms with Crippen molar-refractivity contribution < 1.29 is 22.7 Å². The van der Waals surface area contributed by atoms with Crippen molar-refractivity contribution >= 4 is 19.5 Å². The quantitative estimate of drug-likeness (QED) is 0.669. The smallest absolute Gasteiger partial charge is 0.444 e. The molecule has 21 heavy (non-hydrogen) atoms. The van der Waals surface area contributed by atoms with E-state index < -0.39 is 23.7 Å². The summed E-state index contributed by atoms with van der Waals surface area (Å²) in [6, 6.07) is 0. The molecule has 1 aliphatic rings. The summed E-state index contributed by atoms with van der Waals surface area (Å²) in [4.78, 5) is 17.0. The molecule has 116 valence electrons. The van der Waals surface area contributed by atoms with Crippen LogP contribution in [0.15, 0.2) is 0 Å². The van der Waals surface area contributed by atoms with Gasteiger partial charge in [-0.1, -0.05) is 0 Å². The minimum Gasteiger partial charge on any atom is -0.444 e. The predicted molar refractivity (Wildman–Crippen MR) is 72.1 cm³/mol. The molecule has 0 saturated carbocycles. The van der Waals surface area contributed by atoms with Crippen LogP contribution in [0.2, 0.25) is 0 Å². The molecule has 1 aromatic heterocycles. The van der Waals surface area contributed by atoms with Crippen molar-refractivity contribution in [3.63, 3.8) is 0 Å². The van der Waals surface area contributed by atoms with E-state index in [-0.39, 0.29) is 25.2 Å². The van der Waals surface area contributed by atoms with Gasteiger partial charge in [-0.15, -0.1) is 0 Å². The normalized spacial score (nSPS) is 15.8. The van der Waals surface area contributed by atoms with Crippen LogP contribution >= 0.6 is 0 Å². The van der Waals surface area contributed by atoms with Gasteiger partial charge >= 0.3 is 12.3 Å². The van der Waals surface area contributed by atoms with Gasteiger partial charge in [0.15, 0.2) is 7.85 Å². The predicted octanol–water partition coefficient (Wildman–Crippen LogP) is 0.911. The van der Waals surface area contributed by atoms with Crippen molar-refractivity contribution in [3.8, 4) is 0 Å². The fourth-order valence-corrected chi connectivity index (χ4v) is 2.23. The summed E-state index contributed by atoms with van der Waals surface area (Å²) >= 11 is 0.